The molecule has 2 aliphatic carbocycles. The first-order valence-electron chi connectivity index (χ1n) is 12.8. The van der Waals surface area contributed by atoms with Crippen LogP contribution >= 0.6 is 0 Å². The molecule has 0 saturated heterocycles. The lowest BCUT2D eigenvalue weighted by atomic mass is 9.84. The van der Waals surface area contributed by atoms with Gasteiger partial charge in [0.25, 0.3) is 0 Å². The van der Waals surface area contributed by atoms with E-state index >= 15 is 0 Å². The molecule has 1 aromatic heterocycles. The Morgan fingerprint density at radius 3 is 2.25 bits per heavy atom. The quantitative estimate of drug-likeness (QED) is 0.344. The molecule has 0 bridgehead atoms. The lowest BCUT2D eigenvalue weighted by Gasteiger charge is -2.22. The number of nitrogens with zero attached hydrogens (tertiary/aromatic N) is 2. The van der Waals surface area contributed by atoms with Crippen molar-refractivity contribution < 1.29 is 17.9 Å². The number of rotatable bonds is 7. The Balaban J connectivity index is 1.33. The van der Waals surface area contributed by atoms with Crippen molar-refractivity contribution in [1.82, 2.24) is 9.97 Å². The van der Waals surface area contributed by atoms with Gasteiger partial charge in [0.05, 0.1) is 6.10 Å². The number of alkyl halides is 3. The monoisotopic (exact) mass is 496 g/mol. The zero-order chi connectivity index (χ0) is 25.0. The summed E-state index contributed by atoms with van der Waals surface area (Å²) in [5.74, 6) is 1.03. The van der Waals surface area contributed by atoms with Gasteiger partial charge in [-0.1, -0.05) is 31.4 Å². The van der Waals surface area contributed by atoms with Crippen LogP contribution in [0.2, 0.25) is 0 Å². The topological polar surface area (TPSA) is 59.1 Å². The summed E-state index contributed by atoms with van der Waals surface area (Å²) in [5.41, 5.74) is 1.50. The molecule has 2 saturated carbocycles. The lowest BCUT2D eigenvalue weighted by molar-refractivity contribution is -0.137. The Morgan fingerprint density at radius 2 is 1.53 bits per heavy atom. The van der Waals surface area contributed by atoms with Gasteiger partial charge in [-0.3, -0.25) is 0 Å². The van der Waals surface area contributed by atoms with E-state index in [-0.39, 0.29) is 17.9 Å². The molecule has 8 heteroatoms. The van der Waals surface area contributed by atoms with E-state index in [1.54, 1.807) is 6.07 Å². The van der Waals surface area contributed by atoms with Crippen LogP contribution in [-0.2, 0) is 6.18 Å². The van der Waals surface area contributed by atoms with Crippen molar-refractivity contribution in [3.63, 3.8) is 0 Å². The molecule has 190 valence electrons. The molecule has 2 fully saturated rings. The summed E-state index contributed by atoms with van der Waals surface area (Å²) in [5, 5.41) is 5.91. The van der Waals surface area contributed by atoms with Gasteiger partial charge in [0, 0.05) is 17.6 Å². The van der Waals surface area contributed by atoms with Gasteiger partial charge in [-0.25, -0.2) is 4.98 Å². The largest absolute Gasteiger partial charge is 0.490 e. The van der Waals surface area contributed by atoms with E-state index in [1.165, 1.54) is 32.1 Å². The van der Waals surface area contributed by atoms with Crippen LogP contribution in [0.4, 0.5) is 36.3 Å². The number of benzene rings is 2. The maximum Gasteiger partial charge on any atom is 0.421 e. The van der Waals surface area contributed by atoms with E-state index in [4.69, 9.17) is 4.74 Å². The number of hydrogen-bond acceptors (Lipinski definition) is 5. The van der Waals surface area contributed by atoms with Crippen molar-refractivity contribution >= 4 is 23.1 Å². The minimum Gasteiger partial charge on any atom is -0.490 e. The highest BCUT2D eigenvalue weighted by molar-refractivity contribution is 5.63. The normalized spacial score (nSPS) is 17.2. The van der Waals surface area contributed by atoms with Gasteiger partial charge in [-0.2, -0.15) is 18.2 Å². The summed E-state index contributed by atoms with van der Waals surface area (Å²) >= 11 is 0. The zero-order valence-electron chi connectivity index (χ0n) is 20.2. The molecule has 0 atom stereocenters. The molecule has 0 aliphatic heterocycles. The number of ether oxygens (including phenoxy) is 1. The van der Waals surface area contributed by atoms with E-state index in [0.29, 0.717) is 17.3 Å². The van der Waals surface area contributed by atoms with Gasteiger partial charge in [-0.05, 0) is 86.4 Å². The van der Waals surface area contributed by atoms with Crippen molar-refractivity contribution in [2.75, 3.05) is 10.6 Å². The molecule has 5 rings (SSSR count). The van der Waals surface area contributed by atoms with Crippen molar-refractivity contribution in [1.29, 1.82) is 0 Å². The minimum atomic E-state index is -4.58. The second-order valence-corrected chi connectivity index (χ2v) is 9.71. The van der Waals surface area contributed by atoms with Crippen LogP contribution < -0.4 is 15.4 Å². The molecule has 3 aromatic rings. The van der Waals surface area contributed by atoms with Crippen LogP contribution in [0.25, 0.3) is 0 Å². The van der Waals surface area contributed by atoms with Crippen LogP contribution in [0.5, 0.6) is 5.75 Å². The third kappa shape index (κ3) is 6.09. The van der Waals surface area contributed by atoms with Crippen LogP contribution in [0, 0.1) is 0 Å². The maximum absolute atomic E-state index is 13.7. The molecule has 2 N–H and O–H groups in total. The molecule has 1 heterocycles. The van der Waals surface area contributed by atoms with E-state index < -0.39 is 11.7 Å². The second-order valence-electron chi connectivity index (χ2n) is 9.71. The second kappa shape index (κ2) is 10.8. The summed E-state index contributed by atoms with van der Waals surface area (Å²) in [6.45, 7) is 0. The third-order valence-electron chi connectivity index (χ3n) is 7.04. The predicted molar refractivity (Wildman–Crippen MR) is 135 cm³/mol. The molecule has 0 amide bonds. The van der Waals surface area contributed by atoms with Crippen molar-refractivity contribution in [3.05, 3.63) is 65.9 Å². The number of anilines is 4. The zero-order valence-corrected chi connectivity index (χ0v) is 20.2. The molecule has 0 unspecified atom stereocenters. The Bertz CT molecular complexity index is 1150. The molecule has 2 aromatic carbocycles. The maximum atomic E-state index is 13.7. The first-order valence-corrected chi connectivity index (χ1v) is 12.8. The van der Waals surface area contributed by atoms with Crippen molar-refractivity contribution in [2.24, 2.45) is 0 Å². The number of aromatic nitrogens is 2. The average Bonchev–Trinajstić information content (AvgIpc) is 3.39. The van der Waals surface area contributed by atoms with Gasteiger partial charge in [0.2, 0.25) is 5.95 Å². The fourth-order valence-electron chi connectivity index (χ4n) is 5.13. The average molecular weight is 497 g/mol. The van der Waals surface area contributed by atoms with Crippen LogP contribution in [-0.4, -0.2) is 16.1 Å². The third-order valence-corrected chi connectivity index (χ3v) is 7.04. The van der Waals surface area contributed by atoms with E-state index in [9.17, 15) is 13.2 Å². The predicted octanol–water partition coefficient (Wildman–Crippen LogP) is 8.35. The molecular formula is C28H31F3N4O. The summed E-state index contributed by atoms with van der Waals surface area (Å²) < 4.78 is 47.2. The van der Waals surface area contributed by atoms with E-state index in [1.807, 2.05) is 36.4 Å². The lowest BCUT2D eigenvalue weighted by Crippen LogP contribution is -2.13. The fraction of sp³-hybridized carbons (Fsp3) is 0.429. The molecule has 5 nitrogen and oxygen atoms in total. The first kappa shape index (κ1) is 24.4. The SMILES string of the molecule is FC(F)(F)c1cnc(Nc2ccc(OC3CCCC3)cc2)nc1Nc1cccc(C2CCCCC2)c1. The molecular weight excluding hydrogens is 465 g/mol. The van der Waals surface area contributed by atoms with Crippen LogP contribution in [0.3, 0.4) is 0 Å². The highest BCUT2D eigenvalue weighted by atomic mass is 19.4. The molecule has 2 aliphatic rings. The minimum absolute atomic E-state index is 0.0818. The van der Waals surface area contributed by atoms with Crippen molar-refractivity contribution in [2.45, 2.75) is 76.0 Å². The summed E-state index contributed by atoms with van der Waals surface area (Å²) in [4.78, 5) is 8.12. The van der Waals surface area contributed by atoms with E-state index in [2.05, 4.69) is 26.7 Å². The molecule has 36 heavy (non-hydrogen) atoms. The van der Waals surface area contributed by atoms with E-state index in [0.717, 1.165) is 43.2 Å². The Hall–Kier alpha value is -3.29. The Labute approximate surface area is 209 Å². The van der Waals surface area contributed by atoms with Gasteiger partial charge in [-0.15, -0.1) is 0 Å². The first-order chi connectivity index (χ1) is 17.4. The standard InChI is InChI=1S/C28H31F3N4O/c29-28(30,31)25-18-32-27(34-21-13-15-24(16-14-21)36-23-11-4-5-12-23)35-26(25)33-22-10-6-9-20(17-22)19-7-2-1-3-8-19/h6,9-10,13-19,23H,1-5,7-8,11-12H2,(H2,32,33,34,35). The smallest absolute Gasteiger partial charge is 0.421 e. The molecule has 0 spiro atoms. The van der Waals surface area contributed by atoms with Crippen LogP contribution in [0.1, 0.15) is 74.8 Å². The highest BCUT2D eigenvalue weighted by Crippen LogP contribution is 2.37. The number of hydrogen-bond donors (Lipinski definition) is 2. The highest BCUT2D eigenvalue weighted by Gasteiger charge is 2.35. The van der Waals surface area contributed by atoms with Gasteiger partial charge < -0.3 is 15.4 Å². The van der Waals surface area contributed by atoms with Crippen LogP contribution in [0.15, 0.2) is 54.7 Å². The van der Waals surface area contributed by atoms with Gasteiger partial charge >= 0.3 is 6.18 Å². The summed E-state index contributed by atoms with van der Waals surface area (Å²) in [6.07, 6.45) is 6.87. The van der Waals surface area contributed by atoms with Gasteiger partial charge in [0.15, 0.2) is 0 Å². The van der Waals surface area contributed by atoms with Crippen molar-refractivity contribution in [3.8, 4) is 5.75 Å². The molecule has 0 radical (unpaired) electrons. The Kier molecular flexibility index (Phi) is 7.30. The van der Waals surface area contributed by atoms with Gasteiger partial charge in [0.1, 0.15) is 17.1 Å². The number of halogens is 3. The summed E-state index contributed by atoms with van der Waals surface area (Å²) in [7, 11) is 0. The fourth-order valence-corrected chi connectivity index (χ4v) is 5.13. The number of nitrogens with one attached hydrogen (secondary N) is 2. The summed E-state index contributed by atoms with van der Waals surface area (Å²) in [6, 6.07) is 15.0. The Morgan fingerprint density at radius 1 is 0.806 bits per heavy atom.